The van der Waals surface area contributed by atoms with Crippen molar-refractivity contribution >= 4 is 34.0 Å². The van der Waals surface area contributed by atoms with E-state index in [1.54, 1.807) is 23.9 Å². The van der Waals surface area contributed by atoms with Gasteiger partial charge < -0.3 is 19.5 Å². The van der Waals surface area contributed by atoms with Gasteiger partial charge in [0.1, 0.15) is 10.7 Å². The fourth-order valence-corrected chi connectivity index (χ4v) is 5.01. The molecule has 0 unspecified atom stereocenters. The lowest BCUT2D eigenvalue weighted by Crippen LogP contribution is -2.13. The molecule has 8 heteroatoms. The molecule has 3 aromatic rings. The second kappa shape index (κ2) is 11.8. The van der Waals surface area contributed by atoms with Gasteiger partial charge in [0, 0.05) is 11.1 Å². The predicted octanol–water partition coefficient (Wildman–Crippen LogP) is 6.37. The van der Waals surface area contributed by atoms with E-state index in [2.05, 4.69) is 12.2 Å². The first-order chi connectivity index (χ1) is 15.6. The van der Waals surface area contributed by atoms with Crippen molar-refractivity contribution in [1.29, 1.82) is 0 Å². The summed E-state index contributed by atoms with van der Waals surface area (Å²) in [7, 11) is 0. The van der Waals surface area contributed by atoms with Crippen molar-refractivity contribution in [3.63, 3.8) is 0 Å². The first-order valence-electron chi connectivity index (χ1n) is 10.7. The van der Waals surface area contributed by atoms with Crippen molar-refractivity contribution in [1.82, 2.24) is 4.98 Å². The summed E-state index contributed by atoms with van der Waals surface area (Å²) in [5.74, 6) is 2.13. The summed E-state index contributed by atoms with van der Waals surface area (Å²) in [4.78, 5) is 18.0. The second-order valence-electron chi connectivity index (χ2n) is 6.51. The summed E-state index contributed by atoms with van der Waals surface area (Å²) in [6, 6.07) is 13.2. The minimum absolute atomic E-state index is 0.260. The largest absolute Gasteiger partial charge is 0.490 e. The fraction of sp³-hybridized carbons (Fsp3) is 0.333. The van der Waals surface area contributed by atoms with Crippen molar-refractivity contribution < 1.29 is 19.0 Å². The number of hydrogen-bond acceptors (Lipinski definition) is 7. The lowest BCUT2D eigenvalue weighted by Gasteiger charge is -2.17. The highest BCUT2D eigenvalue weighted by atomic mass is 32.2. The van der Waals surface area contributed by atoms with Gasteiger partial charge in [0.15, 0.2) is 15.8 Å². The van der Waals surface area contributed by atoms with Crippen molar-refractivity contribution in [2.75, 3.05) is 30.9 Å². The van der Waals surface area contributed by atoms with E-state index in [1.165, 1.54) is 11.3 Å². The Morgan fingerprint density at radius 1 is 0.969 bits per heavy atom. The van der Waals surface area contributed by atoms with Crippen LogP contribution < -0.4 is 19.5 Å². The molecule has 0 aliphatic carbocycles. The Labute approximate surface area is 197 Å². The lowest BCUT2D eigenvalue weighted by molar-refractivity contribution is 0.102. The van der Waals surface area contributed by atoms with Crippen molar-refractivity contribution in [3.05, 3.63) is 48.0 Å². The number of thioether (sulfide) groups is 1. The zero-order valence-electron chi connectivity index (χ0n) is 18.8. The molecule has 0 spiro atoms. The van der Waals surface area contributed by atoms with Gasteiger partial charge in [-0.1, -0.05) is 60.4 Å². The summed E-state index contributed by atoms with van der Waals surface area (Å²) >= 11 is 3.13. The van der Waals surface area contributed by atoms with E-state index >= 15 is 0 Å². The molecule has 0 aliphatic rings. The summed E-state index contributed by atoms with van der Waals surface area (Å²) in [5, 5.41) is 3.76. The number of carbonyl (C=O) groups excluding carboxylic acids is 1. The molecule has 170 valence electrons. The minimum Gasteiger partial charge on any atom is -0.490 e. The van der Waals surface area contributed by atoms with Crippen LogP contribution in [-0.4, -0.2) is 36.5 Å². The number of thiazole rings is 1. The molecule has 1 heterocycles. The molecule has 0 aliphatic heterocycles. The number of carbonyl (C=O) groups is 1. The van der Waals surface area contributed by atoms with E-state index in [0.717, 1.165) is 21.3 Å². The molecule has 0 fully saturated rings. The van der Waals surface area contributed by atoms with Gasteiger partial charge in [-0.25, -0.2) is 4.98 Å². The minimum atomic E-state index is -0.260. The Bertz CT molecular complexity index is 1010. The standard InChI is InChI=1S/C24H28N2O4S2/c1-5-28-18-14-17(15-19(29-6-2)21(18)30-7-3)22(27)26-23-20(16-12-10-9-11-13-16)25-24(32-23)31-8-4/h9-15H,5-8H2,1-4H3,(H,26,27). The van der Waals surface area contributed by atoms with E-state index in [1.807, 2.05) is 51.1 Å². The zero-order chi connectivity index (χ0) is 22.9. The number of rotatable bonds is 11. The molecule has 32 heavy (non-hydrogen) atoms. The monoisotopic (exact) mass is 472 g/mol. The van der Waals surface area contributed by atoms with Crippen LogP contribution in [0.25, 0.3) is 11.3 Å². The van der Waals surface area contributed by atoms with Crippen LogP contribution in [-0.2, 0) is 0 Å². The Balaban J connectivity index is 1.98. The zero-order valence-corrected chi connectivity index (χ0v) is 20.4. The maximum Gasteiger partial charge on any atom is 0.256 e. The molecule has 2 aromatic carbocycles. The van der Waals surface area contributed by atoms with Crippen LogP contribution in [0.4, 0.5) is 5.00 Å². The van der Waals surface area contributed by atoms with Gasteiger partial charge >= 0.3 is 0 Å². The number of nitrogens with zero attached hydrogens (tertiary/aromatic N) is 1. The van der Waals surface area contributed by atoms with Crippen molar-refractivity contribution in [3.8, 4) is 28.5 Å². The van der Waals surface area contributed by atoms with Crippen LogP contribution in [0.1, 0.15) is 38.1 Å². The number of aromatic nitrogens is 1. The number of amides is 1. The Morgan fingerprint density at radius 3 is 2.16 bits per heavy atom. The maximum absolute atomic E-state index is 13.3. The van der Waals surface area contributed by atoms with E-state index in [0.29, 0.717) is 47.6 Å². The van der Waals surface area contributed by atoms with E-state index in [4.69, 9.17) is 19.2 Å². The molecular weight excluding hydrogens is 444 g/mol. The van der Waals surface area contributed by atoms with Gasteiger partial charge in [-0.15, -0.1) is 0 Å². The van der Waals surface area contributed by atoms with Crippen LogP contribution in [0.2, 0.25) is 0 Å². The Kier molecular flexibility index (Phi) is 8.81. The van der Waals surface area contributed by atoms with E-state index < -0.39 is 0 Å². The smallest absolute Gasteiger partial charge is 0.256 e. The van der Waals surface area contributed by atoms with E-state index in [-0.39, 0.29) is 5.91 Å². The third-order valence-electron chi connectivity index (χ3n) is 4.32. The molecule has 0 radical (unpaired) electrons. The van der Waals surface area contributed by atoms with Crippen LogP contribution >= 0.6 is 23.1 Å². The average molecular weight is 473 g/mol. The second-order valence-corrected chi connectivity index (χ2v) is 9.02. The topological polar surface area (TPSA) is 69.7 Å². The third-order valence-corrected chi connectivity index (χ3v) is 6.32. The molecule has 1 amide bonds. The van der Waals surface area contributed by atoms with Crippen molar-refractivity contribution in [2.24, 2.45) is 0 Å². The highest BCUT2D eigenvalue weighted by Crippen LogP contribution is 2.41. The lowest BCUT2D eigenvalue weighted by atomic mass is 10.1. The number of nitrogens with one attached hydrogen (secondary N) is 1. The molecule has 3 rings (SSSR count). The van der Waals surface area contributed by atoms with Gasteiger partial charge in [0.05, 0.1) is 19.8 Å². The first-order valence-corrected chi connectivity index (χ1v) is 12.5. The quantitative estimate of drug-likeness (QED) is 0.327. The highest BCUT2D eigenvalue weighted by Gasteiger charge is 2.21. The Morgan fingerprint density at radius 2 is 1.59 bits per heavy atom. The summed E-state index contributed by atoms with van der Waals surface area (Å²) in [6.45, 7) is 9.11. The third kappa shape index (κ3) is 5.75. The number of ether oxygens (including phenoxy) is 3. The van der Waals surface area contributed by atoms with E-state index in [9.17, 15) is 4.79 Å². The normalized spacial score (nSPS) is 10.6. The van der Waals surface area contributed by atoms with Crippen molar-refractivity contribution in [2.45, 2.75) is 32.0 Å². The molecule has 1 aromatic heterocycles. The van der Waals surface area contributed by atoms with Gasteiger partial charge in [-0.2, -0.15) is 0 Å². The molecule has 6 nitrogen and oxygen atoms in total. The summed E-state index contributed by atoms with van der Waals surface area (Å²) in [6.07, 6.45) is 0. The number of anilines is 1. The van der Waals surface area contributed by atoms with Gasteiger partial charge in [-0.05, 0) is 38.7 Å². The number of benzene rings is 2. The molecule has 0 saturated heterocycles. The predicted molar refractivity (Wildman–Crippen MR) is 132 cm³/mol. The first kappa shape index (κ1) is 23.9. The molecule has 0 saturated carbocycles. The Hall–Kier alpha value is -2.71. The number of hydrogen-bond donors (Lipinski definition) is 1. The molecule has 1 N–H and O–H groups in total. The van der Waals surface area contributed by atoms with Crippen LogP contribution in [0, 0.1) is 0 Å². The molecular formula is C24H28N2O4S2. The van der Waals surface area contributed by atoms with Gasteiger partial charge in [-0.3, -0.25) is 4.79 Å². The summed E-state index contributed by atoms with van der Waals surface area (Å²) < 4.78 is 18.2. The fourth-order valence-electron chi connectivity index (χ4n) is 3.06. The SMILES string of the molecule is CCOc1cc(C(=O)Nc2sc(SCC)nc2-c2ccccc2)cc(OCC)c1OCC. The maximum atomic E-state index is 13.3. The van der Waals surface area contributed by atoms with Crippen LogP contribution in [0.15, 0.2) is 46.8 Å². The summed E-state index contributed by atoms with van der Waals surface area (Å²) in [5.41, 5.74) is 2.15. The average Bonchev–Trinajstić information content (AvgIpc) is 3.19. The van der Waals surface area contributed by atoms with Gasteiger partial charge in [0.25, 0.3) is 5.91 Å². The highest BCUT2D eigenvalue weighted by molar-refractivity contribution is 8.01. The van der Waals surface area contributed by atoms with Gasteiger partial charge in [0.2, 0.25) is 5.75 Å². The van der Waals surface area contributed by atoms with Crippen LogP contribution in [0.3, 0.4) is 0 Å². The van der Waals surface area contributed by atoms with Crippen LogP contribution in [0.5, 0.6) is 17.2 Å². The molecule has 0 atom stereocenters. The molecule has 0 bridgehead atoms.